The fourth-order valence-corrected chi connectivity index (χ4v) is 2.51. The molecule has 0 aliphatic rings. The van der Waals surface area contributed by atoms with Crippen molar-refractivity contribution in [3.8, 4) is 16.9 Å². The van der Waals surface area contributed by atoms with Gasteiger partial charge in [-0.05, 0) is 24.1 Å². The molecule has 0 saturated heterocycles. The third-order valence-electron chi connectivity index (χ3n) is 3.70. The molecule has 0 saturated carbocycles. The zero-order chi connectivity index (χ0) is 16.6. The molecular formula is C18H14O5. The summed E-state index contributed by atoms with van der Waals surface area (Å²) in [5.41, 5.74) is 1.11. The van der Waals surface area contributed by atoms with Crippen molar-refractivity contribution in [2.75, 3.05) is 7.11 Å². The van der Waals surface area contributed by atoms with E-state index in [-0.39, 0.29) is 22.3 Å². The number of fused-ring (bicyclic) bond motifs is 1. The number of ether oxygens (including phenoxy) is 1. The van der Waals surface area contributed by atoms with Crippen LogP contribution in [0, 0.1) is 6.92 Å². The maximum Gasteiger partial charge on any atom is 0.341 e. The van der Waals surface area contributed by atoms with Crippen LogP contribution in [0.3, 0.4) is 0 Å². The van der Waals surface area contributed by atoms with Crippen LogP contribution in [0.2, 0.25) is 0 Å². The molecule has 1 N–H and O–H groups in total. The Balaban J connectivity index is 2.40. The molecule has 0 spiro atoms. The number of esters is 1. The SMILES string of the molecule is COC(=O)c1cc(C)c(O)c2c(=O)c(-c3ccccc3)coc12. The van der Waals surface area contributed by atoms with Crippen molar-refractivity contribution < 1.29 is 19.1 Å². The van der Waals surface area contributed by atoms with Gasteiger partial charge in [0.25, 0.3) is 0 Å². The maximum absolute atomic E-state index is 12.8. The molecule has 1 aromatic heterocycles. The van der Waals surface area contributed by atoms with E-state index in [2.05, 4.69) is 0 Å². The number of phenolic OH excluding ortho intramolecular Hbond substituents is 1. The quantitative estimate of drug-likeness (QED) is 0.735. The van der Waals surface area contributed by atoms with Crippen molar-refractivity contribution in [2.24, 2.45) is 0 Å². The Labute approximate surface area is 131 Å². The van der Waals surface area contributed by atoms with Crippen LogP contribution in [-0.4, -0.2) is 18.2 Å². The zero-order valence-corrected chi connectivity index (χ0v) is 12.6. The highest BCUT2D eigenvalue weighted by Gasteiger charge is 2.21. The summed E-state index contributed by atoms with van der Waals surface area (Å²) in [5, 5.41) is 10.3. The van der Waals surface area contributed by atoms with Crippen LogP contribution in [-0.2, 0) is 4.74 Å². The number of aryl methyl sites for hydroxylation is 1. The first kappa shape index (κ1) is 14.8. The van der Waals surface area contributed by atoms with Crippen molar-refractivity contribution >= 4 is 16.9 Å². The molecule has 5 nitrogen and oxygen atoms in total. The third kappa shape index (κ3) is 2.36. The average Bonchev–Trinajstić information content (AvgIpc) is 2.58. The summed E-state index contributed by atoms with van der Waals surface area (Å²) >= 11 is 0. The third-order valence-corrected chi connectivity index (χ3v) is 3.70. The second-order valence-electron chi connectivity index (χ2n) is 5.13. The lowest BCUT2D eigenvalue weighted by Gasteiger charge is -2.09. The van der Waals surface area contributed by atoms with Crippen LogP contribution in [0.15, 0.2) is 51.9 Å². The Morgan fingerprint density at radius 2 is 1.91 bits per heavy atom. The summed E-state index contributed by atoms with van der Waals surface area (Å²) in [6.45, 7) is 1.61. The highest BCUT2D eigenvalue weighted by atomic mass is 16.5. The second-order valence-corrected chi connectivity index (χ2v) is 5.13. The summed E-state index contributed by atoms with van der Waals surface area (Å²) in [7, 11) is 1.24. The van der Waals surface area contributed by atoms with Gasteiger partial charge in [0, 0.05) is 0 Å². The van der Waals surface area contributed by atoms with Crippen molar-refractivity contribution in [3.05, 3.63) is 64.0 Å². The smallest absolute Gasteiger partial charge is 0.341 e. The van der Waals surface area contributed by atoms with Crippen LogP contribution < -0.4 is 5.43 Å². The molecule has 0 bridgehead atoms. The van der Waals surface area contributed by atoms with Gasteiger partial charge in [-0.15, -0.1) is 0 Å². The van der Waals surface area contributed by atoms with E-state index in [1.165, 1.54) is 19.4 Å². The van der Waals surface area contributed by atoms with Gasteiger partial charge >= 0.3 is 5.97 Å². The number of rotatable bonds is 2. The van der Waals surface area contributed by atoms with E-state index >= 15 is 0 Å². The van der Waals surface area contributed by atoms with Crippen molar-refractivity contribution in [2.45, 2.75) is 6.92 Å². The minimum atomic E-state index is -0.631. The monoisotopic (exact) mass is 310 g/mol. The van der Waals surface area contributed by atoms with Gasteiger partial charge in [-0.1, -0.05) is 30.3 Å². The van der Waals surface area contributed by atoms with E-state index < -0.39 is 11.4 Å². The number of hydrogen-bond acceptors (Lipinski definition) is 5. The van der Waals surface area contributed by atoms with Crippen molar-refractivity contribution in [3.63, 3.8) is 0 Å². The van der Waals surface area contributed by atoms with E-state index in [1.807, 2.05) is 6.07 Å². The molecule has 3 aromatic rings. The van der Waals surface area contributed by atoms with Gasteiger partial charge < -0.3 is 14.3 Å². The second kappa shape index (κ2) is 5.61. The lowest BCUT2D eigenvalue weighted by atomic mass is 10.0. The molecule has 2 aromatic carbocycles. The van der Waals surface area contributed by atoms with Crippen LogP contribution in [0.25, 0.3) is 22.1 Å². The predicted octanol–water partition coefficient (Wildman–Crippen LogP) is 3.26. The standard InChI is InChI=1S/C18H14O5/c1-10-8-12(18(21)22-2)17-14(15(10)19)16(20)13(9-23-17)11-6-4-3-5-7-11/h3-9,19H,1-2H3. The first-order chi connectivity index (χ1) is 11.0. The Morgan fingerprint density at radius 3 is 2.57 bits per heavy atom. The number of benzene rings is 2. The molecule has 0 aliphatic heterocycles. The molecule has 23 heavy (non-hydrogen) atoms. The molecular weight excluding hydrogens is 296 g/mol. The predicted molar refractivity (Wildman–Crippen MR) is 85.7 cm³/mol. The van der Waals surface area contributed by atoms with E-state index in [4.69, 9.17) is 9.15 Å². The first-order valence-electron chi connectivity index (χ1n) is 6.96. The van der Waals surface area contributed by atoms with Crippen LogP contribution in [0.4, 0.5) is 0 Å². The Hall–Kier alpha value is -3.08. The Morgan fingerprint density at radius 1 is 1.22 bits per heavy atom. The van der Waals surface area contributed by atoms with E-state index in [9.17, 15) is 14.7 Å². The molecule has 0 aliphatic carbocycles. The first-order valence-corrected chi connectivity index (χ1v) is 6.96. The molecule has 1 heterocycles. The summed E-state index contributed by atoms with van der Waals surface area (Å²) in [5.74, 6) is -0.826. The highest BCUT2D eigenvalue weighted by Crippen LogP contribution is 2.31. The van der Waals surface area contributed by atoms with Gasteiger partial charge in [0.05, 0.1) is 12.7 Å². The molecule has 5 heteroatoms. The molecule has 0 amide bonds. The summed E-state index contributed by atoms with van der Waals surface area (Å²) in [6.07, 6.45) is 1.29. The van der Waals surface area contributed by atoms with Crippen LogP contribution in [0.5, 0.6) is 5.75 Å². The minimum absolute atomic E-state index is 0.0182. The topological polar surface area (TPSA) is 76.7 Å². The van der Waals surface area contributed by atoms with Gasteiger partial charge in [-0.25, -0.2) is 4.79 Å². The number of aromatic hydroxyl groups is 1. The fraction of sp³-hybridized carbons (Fsp3) is 0.111. The van der Waals surface area contributed by atoms with Gasteiger partial charge in [-0.2, -0.15) is 0 Å². The largest absolute Gasteiger partial charge is 0.507 e. The number of methoxy groups -OCH3 is 1. The van der Waals surface area contributed by atoms with Crippen molar-refractivity contribution in [1.82, 2.24) is 0 Å². The van der Waals surface area contributed by atoms with E-state index in [0.29, 0.717) is 16.7 Å². The minimum Gasteiger partial charge on any atom is -0.507 e. The molecule has 3 rings (SSSR count). The number of hydrogen-bond donors (Lipinski definition) is 1. The summed E-state index contributed by atoms with van der Waals surface area (Å²) < 4.78 is 10.2. The number of phenols is 1. The summed E-state index contributed by atoms with van der Waals surface area (Å²) in [4.78, 5) is 24.7. The Bertz CT molecular complexity index is 955. The molecule has 0 fully saturated rings. The summed E-state index contributed by atoms with van der Waals surface area (Å²) in [6, 6.07) is 10.4. The maximum atomic E-state index is 12.8. The van der Waals surface area contributed by atoms with Gasteiger partial charge in [-0.3, -0.25) is 4.79 Å². The zero-order valence-electron chi connectivity index (χ0n) is 12.6. The number of carbonyl (C=O) groups is 1. The van der Waals surface area contributed by atoms with Gasteiger partial charge in [0.1, 0.15) is 23.0 Å². The lowest BCUT2D eigenvalue weighted by molar-refractivity contribution is 0.0601. The van der Waals surface area contributed by atoms with Crippen molar-refractivity contribution in [1.29, 1.82) is 0 Å². The average molecular weight is 310 g/mol. The lowest BCUT2D eigenvalue weighted by Crippen LogP contribution is -2.10. The fourth-order valence-electron chi connectivity index (χ4n) is 2.51. The highest BCUT2D eigenvalue weighted by molar-refractivity contribution is 6.04. The molecule has 116 valence electrons. The molecule has 0 atom stereocenters. The Kier molecular flexibility index (Phi) is 3.62. The van der Waals surface area contributed by atoms with E-state index in [1.54, 1.807) is 31.2 Å². The normalized spacial score (nSPS) is 10.7. The van der Waals surface area contributed by atoms with Gasteiger partial charge in [0.2, 0.25) is 5.43 Å². The van der Waals surface area contributed by atoms with Crippen LogP contribution in [0.1, 0.15) is 15.9 Å². The molecule has 0 radical (unpaired) electrons. The van der Waals surface area contributed by atoms with E-state index in [0.717, 1.165) is 0 Å². The molecule has 0 unspecified atom stereocenters. The van der Waals surface area contributed by atoms with Crippen LogP contribution >= 0.6 is 0 Å². The number of carbonyl (C=O) groups excluding carboxylic acids is 1. The van der Waals surface area contributed by atoms with Gasteiger partial charge in [0.15, 0.2) is 5.58 Å².